The van der Waals surface area contributed by atoms with E-state index in [1.807, 2.05) is 0 Å². The molecular weight excluding hydrogens is 306 g/mol. The third-order valence-electron chi connectivity index (χ3n) is 4.46. The lowest BCUT2D eigenvalue weighted by atomic mass is 10.1. The van der Waals surface area contributed by atoms with Crippen LogP contribution in [0, 0.1) is 0 Å². The molecule has 1 rings (SSSR count). The summed E-state index contributed by atoms with van der Waals surface area (Å²) in [6.45, 7) is 6.70. The summed E-state index contributed by atoms with van der Waals surface area (Å²) in [4.78, 5) is 2.23. The molecule has 0 amide bonds. The van der Waals surface area contributed by atoms with Gasteiger partial charge in [0.15, 0.2) is 9.84 Å². The Labute approximate surface area is 143 Å². The van der Waals surface area contributed by atoms with Crippen molar-refractivity contribution in [2.75, 3.05) is 24.2 Å². The standard InChI is InChI=1S/C19H33NO2S/c1-5-20(4)19-14-12-18(13-15-19)11-9-7-6-8-10-16-23(21,22)17(2)3/h12-15,17H,5-11,16H2,1-4H3. The molecule has 23 heavy (non-hydrogen) atoms. The smallest absolute Gasteiger partial charge is 0.152 e. The van der Waals surface area contributed by atoms with Crippen molar-refractivity contribution in [1.29, 1.82) is 0 Å². The number of sulfone groups is 1. The minimum Gasteiger partial charge on any atom is -0.375 e. The predicted molar refractivity (Wildman–Crippen MR) is 101 cm³/mol. The Morgan fingerprint density at radius 1 is 0.957 bits per heavy atom. The summed E-state index contributed by atoms with van der Waals surface area (Å²) < 4.78 is 23.4. The van der Waals surface area contributed by atoms with Gasteiger partial charge in [0.1, 0.15) is 0 Å². The van der Waals surface area contributed by atoms with Crippen molar-refractivity contribution in [1.82, 2.24) is 0 Å². The van der Waals surface area contributed by atoms with E-state index in [1.54, 1.807) is 13.8 Å². The molecule has 0 bridgehead atoms. The quantitative estimate of drug-likeness (QED) is 0.559. The zero-order chi connectivity index (χ0) is 17.3. The maximum absolute atomic E-state index is 11.7. The van der Waals surface area contributed by atoms with Crippen LogP contribution in [0.4, 0.5) is 5.69 Å². The van der Waals surface area contributed by atoms with E-state index in [4.69, 9.17) is 0 Å². The van der Waals surface area contributed by atoms with Crippen LogP contribution in [0.5, 0.6) is 0 Å². The number of unbranched alkanes of at least 4 members (excludes halogenated alkanes) is 4. The second-order valence-corrected chi connectivity index (χ2v) is 9.29. The Hall–Kier alpha value is -1.03. The van der Waals surface area contributed by atoms with Gasteiger partial charge in [0.25, 0.3) is 0 Å². The van der Waals surface area contributed by atoms with Gasteiger partial charge in [0, 0.05) is 19.3 Å². The third-order valence-corrected chi connectivity index (χ3v) is 6.76. The molecule has 0 N–H and O–H groups in total. The molecule has 132 valence electrons. The van der Waals surface area contributed by atoms with Crippen molar-refractivity contribution in [3.63, 3.8) is 0 Å². The zero-order valence-corrected chi connectivity index (χ0v) is 16.0. The molecule has 0 aliphatic heterocycles. The summed E-state index contributed by atoms with van der Waals surface area (Å²) in [5, 5.41) is -0.239. The summed E-state index contributed by atoms with van der Waals surface area (Å²) in [6, 6.07) is 8.82. The van der Waals surface area contributed by atoms with Crippen LogP contribution in [-0.2, 0) is 16.3 Å². The molecule has 0 radical (unpaired) electrons. The highest BCUT2D eigenvalue weighted by Gasteiger charge is 2.14. The van der Waals surface area contributed by atoms with Crippen LogP contribution in [0.2, 0.25) is 0 Å². The van der Waals surface area contributed by atoms with Gasteiger partial charge >= 0.3 is 0 Å². The van der Waals surface area contributed by atoms with E-state index in [-0.39, 0.29) is 5.25 Å². The molecule has 1 aromatic rings. The zero-order valence-electron chi connectivity index (χ0n) is 15.2. The molecule has 0 atom stereocenters. The number of nitrogens with zero attached hydrogens (tertiary/aromatic N) is 1. The molecule has 0 aliphatic rings. The first-order chi connectivity index (χ1) is 10.9. The Morgan fingerprint density at radius 3 is 2.09 bits per heavy atom. The van der Waals surface area contributed by atoms with Crippen molar-refractivity contribution in [2.24, 2.45) is 0 Å². The first-order valence-electron chi connectivity index (χ1n) is 8.88. The maximum Gasteiger partial charge on any atom is 0.152 e. The number of anilines is 1. The molecule has 0 saturated carbocycles. The van der Waals surface area contributed by atoms with Crippen LogP contribution in [0.15, 0.2) is 24.3 Å². The molecular formula is C19H33NO2S. The molecule has 1 aromatic carbocycles. The van der Waals surface area contributed by atoms with Crippen molar-refractivity contribution in [3.8, 4) is 0 Å². The summed E-state index contributed by atoms with van der Waals surface area (Å²) in [5.74, 6) is 0.344. The molecule has 0 aromatic heterocycles. The van der Waals surface area contributed by atoms with E-state index in [1.165, 1.54) is 24.1 Å². The van der Waals surface area contributed by atoms with Gasteiger partial charge in [-0.1, -0.05) is 31.4 Å². The second-order valence-electron chi connectivity index (χ2n) is 6.61. The molecule has 0 unspecified atom stereocenters. The van der Waals surface area contributed by atoms with Gasteiger partial charge in [-0.2, -0.15) is 0 Å². The molecule has 4 heteroatoms. The fraction of sp³-hybridized carbons (Fsp3) is 0.684. The van der Waals surface area contributed by atoms with E-state index >= 15 is 0 Å². The molecule has 3 nitrogen and oxygen atoms in total. The van der Waals surface area contributed by atoms with Crippen LogP contribution in [0.1, 0.15) is 58.4 Å². The molecule has 0 heterocycles. The first kappa shape index (κ1) is 20.0. The van der Waals surface area contributed by atoms with Gasteiger partial charge in [0.2, 0.25) is 0 Å². The van der Waals surface area contributed by atoms with Gasteiger partial charge in [0.05, 0.1) is 11.0 Å². The molecule has 0 fully saturated rings. The van der Waals surface area contributed by atoms with E-state index in [2.05, 4.69) is 43.1 Å². The van der Waals surface area contributed by atoms with Gasteiger partial charge in [-0.25, -0.2) is 8.42 Å². The number of benzene rings is 1. The van der Waals surface area contributed by atoms with Crippen LogP contribution < -0.4 is 4.90 Å². The van der Waals surface area contributed by atoms with E-state index in [0.29, 0.717) is 5.75 Å². The fourth-order valence-corrected chi connectivity index (χ4v) is 3.58. The summed E-state index contributed by atoms with van der Waals surface area (Å²) in [6.07, 6.45) is 6.42. The minimum atomic E-state index is -2.85. The van der Waals surface area contributed by atoms with Gasteiger partial charge < -0.3 is 4.90 Å². The highest BCUT2D eigenvalue weighted by molar-refractivity contribution is 7.91. The Kier molecular flexibility index (Phi) is 8.67. The van der Waals surface area contributed by atoms with Gasteiger partial charge in [-0.3, -0.25) is 0 Å². The molecule has 0 spiro atoms. The van der Waals surface area contributed by atoms with Crippen molar-refractivity contribution in [3.05, 3.63) is 29.8 Å². The van der Waals surface area contributed by atoms with Crippen LogP contribution in [0.25, 0.3) is 0 Å². The summed E-state index contributed by atoms with van der Waals surface area (Å²) in [7, 11) is -0.746. The van der Waals surface area contributed by atoms with Crippen LogP contribution >= 0.6 is 0 Å². The number of hydrogen-bond acceptors (Lipinski definition) is 3. The fourth-order valence-electron chi connectivity index (χ4n) is 2.50. The predicted octanol–water partition coefficient (Wildman–Crippen LogP) is 4.46. The largest absolute Gasteiger partial charge is 0.375 e. The maximum atomic E-state index is 11.7. The van der Waals surface area contributed by atoms with Crippen molar-refractivity contribution < 1.29 is 8.42 Å². The SMILES string of the molecule is CCN(C)c1ccc(CCCCCCCS(=O)(=O)C(C)C)cc1. The lowest BCUT2D eigenvalue weighted by Crippen LogP contribution is -2.17. The Morgan fingerprint density at radius 2 is 1.52 bits per heavy atom. The van der Waals surface area contributed by atoms with Gasteiger partial charge in [-0.05, 0) is 57.7 Å². The lowest BCUT2D eigenvalue weighted by Gasteiger charge is -2.16. The highest BCUT2D eigenvalue weighted by atomic mass is 32.2. The number of hydrogen-bond donors (Lipinski definition) is 0. The monoisotopic (exact) mass is 339 g/mol. The van der Waals surface area contributed by atoms with E-state index in [0.717, 1.165) is 32.2 Å². The minimum absolute atomic E-state index is 0.239. The summed E-state index contributed by atoms with van der Waals surface area (Å²) >= 11 is 0. The molecule has 0 saturated heterocycles. The van der Waals surface area contributed by atoms with Gasteiger partial charge in [-0.15, -0.1) is 0 Å². The topological polar surface area (TPSA) is 37.4 Å². The Balaban J connectivity index is 2.16. The highest BCUT2D eigenvalue weighted by Crippen LogP contribution is 2.16. The normalized spacial score (nSPS) is 11.9. The van der Waals surface area contributed by atoms with Crippen LogP contribution in [0.3, 0.4) is 0 Å². The van der Waals surface area contributed by atoms with E-state index in [9.17, 15) is 8.42 Å². The van der Waals surface area contributed by atoms with E-state index < -0.39 is 9.84 Å². The first-order valence-corrected chi connectivity index (χ1v) is 10.6. The number of aryl methyl sites for hydroxylation is 1. The van der Waals surface area contributed by atoms with Crippen molar-refractivity contribution in [2.45, 2.75) is 64.5 Å². The third kappa shape index (κ3) is 7.38. The lowest BCUT2D eigenvalue weighted by molar-refractivity contribution is 0.577. The average molecular weight is 340 g/mol. The van der Waals surface area contributed by atoms with Crippen LogP contribution in [-0.4, -0.2) is 33.0 Å². The molecule has 0 aliphatic carbocycles. The second kappa shape index (κ2) is 9.96. The number of rotatable bonds is 11. The summed E-state index contributed by atoms with van der Waals surface area (Å²) in [5.41, 5.74) is 2.66. The Bertz CT molecular complexity index is 535. The average Bonchev–Trinajstić information content (AvgIpc) is 2.53. The van der Waals surface area contributed by atoms with Crippen molar-refractivity contribution >= 4 is 15.5 Å².